The highest BCUT2D eigenvalue weighted by Crippen LogP contribution is 2.23. The third-order valence-electron chi connectivity index (χ3n) is 2.18. The molecule has 72 valence electrons. The Kier molecular flexibility index (Phi) is 1.77. The van der Waals surface area contributed by atoms with Gasteiger partial charge in [0.15, 0.2) is 0 Å². The van der Waals surface area contributed by atoms with Gasteiger partial charge in [0.25, 0.3) is 0 Å². The number of phenolic OH excluding ortho intramolecular Hbond substituents is 1. The second kappa shape index (κ2) is 2.83. The topological polar surface area (TPSA) is 55.1 Å². The number of phenols is 1. The largest absolute Gasteiger partial charge is 0.508 e. The number of carbonyl (C=O) groups is 1. The number of aromatic nitrogens is 2. The maximum atomic E-state index is 11.1. The normalized spacial score (nSPS) is 10.7. The van der Waals surface area contributed by atoms with E-state index in [0.717, 1.165) is 10.9 Å². The van der Waals surface area contributed by atoms with Crippen molar-refractivity contribution in [2.24, 2.45) is 0 Å². The Morgan fingerprint density at radius 2 is 2.21 bits per heavy atom. The van der Waals surface area contributed by atoms with Gasteiger partial charge in [-0.2, -0.15) is 5.10 Å². The molecular formula is C10H10N2O2. The van der Waals surface area contributed by atoms with Crippen LogP contribution >= 0.6 is 0 Å². The minimum absolute atomic E-state index is 0.164. The summed E-state index contributed by atoms with van der Waals surface area (Å²) in [6.45, 7) is 3.24. The molecule has 1 heterocycles. The lowest BCUT2D eigenvalue weighted by Gasteiger charge is -2.00. The van der Waals surface area contributed by atoms with E-state index in [4.69, 9.17) is 0 Å². The molecule has 0 saturated heterocycles. The van der Waals surface area contributed by atoms with E-state index in [2.05, 4.69) is 5.10 Å². The highest BCUT2D eigenvalue weighted by Gasteiger charge is 2.08. The average molecular weight is 190 g/mol. The molecule has 0 fully saturated rings. The van der Waals surface area contributed by atoms with Crippen molar-refractivity contribution in [3.8, 4) is 5.75 Å². The van der Waals surface area contributed by atoms with Crippen molar-refractivity contribution in [1.82, 2.24) is 9.78 Å². The van der Waals surface area contributed by atoms with E-state index in [9.17, 15) is 9.90 Å². The zero-order chi connectivity index (χ0) is 10.3. The van der Waals surface area contributed by atoms with Crippen molar-refractivity contribution in [2.45, 2.75) is 13.8 Å². The second-order valence-corrected chi connectivity index (χ2v) is 3.27. The number of aryl methyl sites for hydroxylation is 1. The van der Waals surface area contributed by atoms with Crippen molar-refractivity contribution in [2.75, 3.05) is 0 Å². The summed E-state index contributed by atoms with van der Waals surface area (Å²) in [7, 11) is 0. The van der Waals surface area contributed by atoms with Gasteiger partial charge >= 0.3 is 0 Å². The fourth-order valence-electron chi connectivity index (χ4n) is 1.43. The van der Waals surface area contributed by atoms with Crippen LogP contribution in [-0.2, 0) is 0 Å². The van der Waals surface area contributed by atoms with E-state index >= 15 is 0 Å². The van der Waals surface area contributed by atoms with Crippen LogP contribution in [0.2, 0.25) is 0 Å². The molecule has 0 unspecified atom stereocenters. The van der Waals surface area contributed by atoms with Gasteiger partial charge < -0.3 is 5.11 Å². The Morgan fingerprint density at radius 3 is 2.86 bits per heavy atom. The molecule has 2 aromatic rings. The van der Waals surface area contributed by atoms with Crippen LogP contribution in [0.5, 0.6) is 5.75 Å². The number of fused-ring (bicyclic) bond motifs is 1. The van der Waals surface area contributed by atoms with Crippen molar-refractivity contribution in [1.29, 1.82) is 0 Å². The van der Waals surface area contributed by atoms with E-state index in [1.54, 1.807) is 25.3 Å². The van der Waals surface area contributed by atoms with E-state index < -0.39 is 0 Å². The minimum atomic E-state index is -0.164. The van der Waals surface area contributed by atoms with E-state index in [1.165, 1.54) is 11.6 Å². The molecule has 0 amide bonds. The van der Waals surface area contributed by atoms with E-state index in [1.807, 2.05) is 0 Å². The molecule has 1 N–H and O–H groups in total. The summed E-state index contributed by atoms with van der Waals surface area (Å²) in [5.74, 6) is 0.0174. The first kappa shape index (κ1) is 8.74. The first-order valence-electron chi connectivity index (χ1n) is 4.28. The molecule has 4 nitrogen and oxygen atoms in total. The first-order valence-corrected chi connectivity index (χ1v) is 4.28. The van der Waals surface area contributed by atoms with Crippen molar-refractivity contribution in [3.05, 3.63) is 23.9 Å². The summed E-state index contributed by atoms with van der Waals surface area (Å²) in [4.78, 5) is 11.1. The Labute approximate surface area is 80.8 Å². The molecule has 1 aromatic heterocycles. The average Bonchev–Trinajstić information content (AvgIpc) is 2.48. The SMILES string of the molecule is CC(=O)n1ncc2cc(C)c(O)cc21. The number of hydrogen-bond donors (Lipinski definition) is 1. The molecule has 0 bridgehead atoms. The third kappa shape index (κ3) is 1.16. The lowest BCUT2D eigenvalue weighted by molar-refractivity contribution is 0.0927. The Morgan fingerprint density at radius 1 is 1.50 bits per heavy atom. The van der Waals surface area contributed by atoms with Crippen LogP contribution in [-0.4, -0.2) is 20.8 Å². The van der Waals surface area contributed by atoms with Crippen LogP contribution in [0.15, 0.2) is 18.3 Å². The number of aromatic hydroxyl groups is 1. The highest BCUT2D eigenvalue weighted by molar-refractivity contribution is 5.90. The maximum absolute atomic E-state index is 11.1. The molecule has 4 heteroatoms. The summed E-state index contributed by atoms with van der Waals surface area (Å²) in [6.07, 6.45) is 1.61. The summed E-state index contributed by atoms with van der Waals surface area (Å²) in [5.41, 5.74) is 1.42. The van der Waals surface area contributed by atoms with Crippen LogP contribution in [0.4, 0.5) is 0 Å². The number of rotatable bonds is 0. The maximum Gasteiger partial charge on any atom is 0.244 e. The lowest BCUT2D eigenvalue weighted by Crippen LogP contribution is -2.06. The van der Waals surface area contributed by atoms with Gasteiger partial charge in [0.2, 0.25) is 5.91 Å². The predicted molar refractivity (Wildman–Crippen MR) is 52.4 cm³/mol. The van der Waals surface area contributed by atoms with E-state index in [0.29, 0.717) is 5.52 Å². The molecule has 14 heavy (non-hydrogen) atoms. The Bertz CT molecular complexity index is 514. The smallest absolute Gasteiger partial charge is 0.244 e. The van der Waals surface area contributed by atoms with Gasteiger partial charge in [0.1, 0.15) is 5.75 Å². The standard InChI is InChI=1S/C10H10N2O2/c1-6-3-8-5-11-12(7(2)13)9(8)4-10(6)14/h3-5,14H,1-2H3. The monoisotopic (exact) mass is 190 g/mol. The summed E-state index contributed by atoms with van der Waals surface area (Å²) >= 11 is 0. The van der Waals surface area contributed by atoms with Crippen LogP contribution in [0, 0.1) is 6.92 Å². The van der Waals surface area contributed by atoms with Crippen molar-refractivity contribution < 1.29 is 9.90 Å². The molecule has 0 aliphatic rings. The molecule has 2 rings (SSSR count). The molecule has 0 aliphatic heterocycles. The number of carbonyl (C=O) groups excluding carboxylic acids is 1. The molecular weight excluding hydrogens is 180 g/mol. The predicted octanol–water partition coefficient (Wildman–Crippen LogP) is 1.71. The Balaban J connectivity index is 2.80. The third-order valence-corrected chi connectivity index (χ3v) is 2.18. The van der Waals surface area contributed by atoms with Crippen LogP contribution in [0.3, 0.4) is 0 Å². The quantitative estimate of drug-likeness (QED) is 0.688. The molecule has 1 aromatic carbocycles. The fourth-order valence-corrected chi connectivity index (χ4v) is 1.43. The zero-order valence-electron chi connectivity index (χ0n) is 7.98. The van der Waals surface area contributed by atoms with Crippen molar-refractivity contribution >= 4 is 16.8 Å². The van der Waals surface area contributed by atoms with Crippen LogP contribution in [0.25, 0.3) is 10.9 Å². The molecule has 0 aliphatic carbocycles. The molecule has 0 saturated carbocycles. The summed E-state index contributed by atoms with van der Waals surface area (Å²) in [5, 5.41) is 14.3. The van der Waals surface area contributed by atoms with Gasteiger partial charge in [-0.3, -0.25) is 4.79 Å². The fraction of sp³-hybridized carbons (Fsp3) is 0.200. The van der Waals surface area contributed by atoms with Gasteiger partial charge in [-0.25, -0.2) is 4.68 Å². The Hall–Kier alpha value is -1.84. The van der Waals surface area contributed by atoms with E-state index in [-0.39, 0.29) is 11.7 Å². The molecule has 0 spiro atoms. The number of benzene rings is 1. The second-order valence-electron chi connectivity index (χ2n) is 3.27. The van der Waals surface area contributed by atoms with Gasteiger partial charge in [-0.05, 0) is 18.6 Å². The lowest BCUT2D eigenvalue weighted by atomic mass is 10.1. The highest BCUT2D eigenvalue weighted by atomic mass is 16.3. The first-order chi connectivity index (χ1) is 6.59. The summed E-state index contributed by atoms with van der Waals surface area (Å²) in [6, 6.07) is 3.36. The van der Waals surface area contributed by atoms with Crippen LogP contribution < -0.4 is 0 Å². The zero-order valence-corrected chi connectivity index (χ0v) is 7.98. The van der Waals surface area contributed by atoms with Gasteiger partial charge in [-0.15, -0.1) is 0 Å². The van der Waals surface area contributed by atoms with Gasteiger partial charge in [0.05, 0.1) is 11.7 Å². The van der Waals surface area contributed by atoms with Crippen LogP contribution in [0.1, 0.15) is 17.3 Å². The van der Waals surface area contributed by atoms with Crippen molar-refractivity contribution in [3.63, 3.8) is 0 Å². The summed E-state index contributed by atoms with van der Waals surface area (Å²) < 4.78 is 1.27. The number of hydrogen-bond acceptors (Lipinski definition) is 3. The molecule has 0 atom stereocenters. The minimum Gasteiger partial charge on any atom is -0.508 e. The van der Waals surface area contributed by atoms with Gasteiger partial charge in [-0.1, -0.05) is 0 Å². The number of nitrogens with zero attached hydrogens (tertiary/aromatic N) is 2. The molecule has 0 radical (unpaired) electrons. The van der Waals surface area contributed by atoms with Gasteiger partial charge in [0, 0.05) is 18.4 Å².